The Morgan fingerprint density at radius 3 is 2.90 bits per heavy atom. The van der Waals surface area contributed by atoms with Crippen LogP contribution in [-0.4, -0.2) is 26.6 Å². The van der Waals surface area contributed by atoms with Gasteiger partial charge in [0.05, 0.1) is 9.83 Å². The Kier molecular flexibility index (Phi) is 4.51. The van der Waals surface area contributed by atoms with Crippen LogP contribution >= 0.6 is 24.0 Å². The van der Waals surface area contributed by atoms with E-state index in [1.165, 1.54) is 23.9 Å². The van der Waals surface area contributed by atoms with E-state index in [0.717, 1.165) is 6.42 Å². The second kappa shape index (κ2) is 6.15. The van der Waals surface area contributed by atoms with Crippen LogP contribution in [0.25, 0.3) is 6.08 Å². The van der Waals surface area contributed by atoms with E-state index in [0.29, 0.717) is 21.3 Å². The fraction of sp³-hybridized carbons (Fsp3) is 0.231. The van der Waals surface area contributed by atoms with E-state index in [4.69, 9.17) is 12.2 Å². The Morgan fingerprint density at radius 1 is 1.50 bits per heavy atom. The Labute approximate surface area is 125 Å². The molecule has 1 amide bonds. The number of hydrogen-bond donors (Lipinski definition) is 0. The maximum Gasteiger partial charge on any atom is 0.270 e. The number of non-ortho nitro benzene ring substituents is 1. The summed E-state index contributed by atoms with van der Waals surface area (Å²) < 4.78 is 0.536. The highest BCUT2D eigenvalue weighted by Gasteiger charge is 2.31. The van der Waals surface area contributed by atoms with Gasteiger partial charge in [-0.1, -0.05) is 43.0 Å². The Balaban J connectivity index is 2.28. The first-order chi connectivity index (χ1) is 9.52. The van der Waals surface area contributed by atoms with Crippen LogP contribution in [0.1, 0.15) is 18.9 Å². The average molecular weight is 308 g/mol. The molecule has 0 atom stereocenters. The molecule has 1 saturated heterocycles. The van der Waals surface area contributed by atoms with Crippen LogP contribution in [0.4, 0.5) is 5.69 Å². The Hall–Kier alpha value is -1.73. The summed E-state index contributed by atoms with van der Waals surface area (Å²) in [6.07, 6.45) is 2.47. The molecule has 0 aromatic heterocycles. The predicted octanol–water partition coefficient (Wildman–Crippen LogP) is 3.21. The normalized spacial score (nSPS) is 17.1. The molecule has 104 valence electrons. The number of nitrogens with zero attached hydrogens (tertiary/aromatic N) is 2. The molecule has 1 aromatic carbocycles. The van der Waals surface area contributed by atoms with Gasteiger partial charge in [-0.15, -0.1) is 0 Å². The highest BCUT2D eigenvalue weighted by Crippen LogP contribution is 2.32. The van der Waals surface area contributed by atoms with Gasteiger partial charge in [-0.25, -0.2) is 0 Å². The maximum atomic E-state index is 12.1. The van der Waals surface area contributed by atoms with E-state index in [9.17, 15) is 14.9 Å². The van der Waals surface area contributed by atoms with Crippen LogP contribution in [0.15, 0.2) is 29.2 Å². The highest BCUT2D eigenvalue weighted by atomic mass is 32.2. The quantitative estimate of drug-likeness (QED) is 0.370. The number of carbonyl (C=O) groups is 1. The van der Waals surface area contributed by atoms with Crippen molar-refractivity contribution in [1.29, 1.82) is 0 Å². The minimum atomic E-state index is -0.459. The van der Waals surface area contributed by atoms with E-state index in [2.05, 4.69) is 0 Å². The number of thiocarbonyl (C=S) groups is 1. The maximum absolute atomic E-state index is 12.1. The summed E-state index contributed by atoms with van der Waals surface area (Å²) in [5.41, 5.74) is 0.624. The number of nitro groups is 1. The first-order valence-corrected chi connectivity index (χ1v) is 7.25. The SMILES string of the molecule is CCCN1C(=O)/C(=C\c2cccc([N+](=O)[O-])c2)SC1=S. The summed E-state index contributed by atoms with van der Waals surface area (Å²) in [7, 11) is 0. The zero-order chi connectivity index (χ0) is 14.7. The second-order valence-electron chi connectivity index (χ2n) is 4.19. The minimum absolute atomic E-state index is 0.00258. The number of amides is 1. The van der Waals surface area contributed by atoms with Crippen LogP contribution < -0.4 is 0 Å². The largest absolute Gasteiger partial charge is 0.293 e. The van der Waals surface area contributed by atoms with Gasteiger partial charge in [0.1, 0.15) is 4.32 Å². The molecule has 1 heterocycles. The summed E-state index contributed by atoms with van der Waals surface area (Å²) >= 11 is 6.39. The monoisotopic (exact) mass is 308 g/mol. The van der Waals surface area contributed by atoms with Crippen molar-refractivity contribution in [3.63, 3.8) is 0 Å². The lowest BCUT2D eigenvalue weighted by Crippen LogP contribution is -2.28. The van der Waals surface area contributed by atoms with Crippen molar-refractivity contribution in [1.82, 2.24) is 4.90 Å². The molecule has 0 saturated carbocycles. The molecule has 5 nitrogen and oxygen atoms in total. The summed E-state index contributed by atoms with van der Waals surface area (Å²) in [4.78, 5) is 24.5. The first kappa shape index (κ1) is 14.7. The predicted molar refractivity (Wildman–Crippen MR) is 83.3 cm³/mol. The van der Waals surface area contributed by atoms with E-state index in [-0.39, 0.29) is 11.6 Å². The van der Waals surface area contributed by atoms with Gasteiger partial charge < -0.3 is 0 Å². The summed E-state index contributed by atoms with van der Waals surface area (Å²) in [5, 5.41) is 10.7. The smallest absolute Gasteiger partial charge is 0.270 e. The third-order valence-corrected chi connectivity index (χ3v) is 4.08. The molecule has 1 aliphatic heterocycles. The van der Waals surface area contributed by atoms with E-state index in [1.807, 2.05) is 6.92 Å². The second-order valence-corrected chi connectivity index (χ2v) is 5.86. The van der Waals surface area contributed by atoms with Gasteiger partial charge in [-0.05, 0) is 18.1 Å². The van der Waals surface area contributed by atoms with Crippen LogP contribution in [0, 0.1) is 10.1 Å². The van der Waals surface area contributed by atoms with Gasteiger partial charge in [0, 0.05) is 18.7 Å². The van der Waals surface area contributed by atoms with Crippen LogP contribution in [0.2, 0.25) is 0 Å². The molecule has 1 aliphatic rings. The molecule has 1 fully saturated rings. The summed E-state index contributed by atoms with van der Waals surface area (Å²) in [6.45, 7) is 2.57. The van der Waals surface area contributed by atoms with Crippen molar-refractivity contribution < 1.29 is 9.72 Å². The average Bonchev–Trinajstić information content (AvgIpc) is 2.67. The standard InChI is InChI=1S/C13H12N2O3S2/c1-2-6-14-12(16)11(20-13(14)19)8-9-4-3-5-10(7-9)15(17)18/h3-5,7-8H,2,6H2,1H3/b11-8+. The third-order valence-electron chi connectivity index (χ3n) is 2.70. The molecular weight excluding hydrogens is 296 g/mol. The number of hydrogen-bond acceptors (Lipinski definition) is 5. The van der Waals surface area contributed by atoms with Gasteiger partial charge in [0.2, 0.25) is 0 Å². The molecule has 2 rings (SSSR count). The van der Waals surface area contributed by atoms with E-state index < -0.39 is 4.92 Å². The van der Waals surface area contributed by atoms with Crippen molar-refractivity contribution in [2.24, 2.45) is 0 Å². The van der Waals surface area contributed by atoms with E-state index >= 15 is 0 Å². The van der Waals surface area contributed by atoms with E-state index in [1.54, 1.807) is 23.1 Å². The van der Waals surface area contributed by atoms with Gasteiger partial charge in [0.25, 0.3) is 11.6 Å². The molecule has 0 bridgehead atoms. The number of rotatable bonds is 4. The fourth-order valence-corrected chi connectivity index (χ4v) is 3.10. The summed E-state index contributed by atoms with van der Waals surface area (Å²) in [6, 6.07) is 6.17. The zero-order valence-corrected chi connectivity index (χ0v) is 12.4. The molecule has 0 N–H and O–H groups in total. The first-order valence-electron chi connectivity index (χ1n) is 6.02. The number of benzene rings is 1. The lowest BCUT2D eigenvalue weighted by Gasteiger charge is -2.11. The molecule has 0 aliphatic carbocycles. The van der Waals surface area contributed by atoms with Crippen LogP contribution in [-0.2, 0) is 4.79 Å². The van der Waals surface area contributed by atoms with Crippen LogP contribution in [0.5, 0.6) is 0 Å². The lowest BCUT2D eigenvalue weighted by atomic mass is 10.2. The fourth-order valence-electron chi connectivity index (χ4n) is 1.80. The number of thioether (sulfide) groups is 1. The molecular formula is C13H12N2O3S2. The van der Waals surface area contributed by atoms with Crippen molar-refractivity contribution in [2.45, 2.75) is 13.3 Å². The topological polar surface area (TPSA) is 63.5 Å². The lowest BCUT2D eigenvalue weighted by molar-refractivity contribution is -0.384. The van der Waals surface area contributed by atoms with Gasteiger partial charge in [-0.3, -0.25) is 19.8 Å². The minimum Gasteiger partial charge on any atom is -0.293 e. The van der Waals surface area contributed by atoms with Crippen molar-refractivity contribution in [2.75, 3.05) is 6.54 Å². The van der Waals surface area contributed by atoms with Gasteiger partial charge in [-0.2, -0.15) is 0 Å². The number of carbonyl (C=O) groups excluding carboxylic acids is 1. The Morgan fingerprint density at radius 2 is 2.25 bits per heavy atom. The van der Waals surface area contributed by atoms with Crippen molar-refractivity contribution >= 4 is 46.0 Å². The molecule has 7 heteroatoms. The molecule has 0 unspecified atom stereocenters. The molecule has 1 aromatic rings. The van der Waals surface area contributed by atoms with Gasteiger partial charge in [0.15, 0.2) is 0 Å². The highest BCUT2D eigenvalue weighted by molar-refractivity contribution is 8.26. The molecule has 0 spiro atoms. The zero-order valence-electron chi connectivity index (χ0n) is 10.7. The molecule has 0 radical (unpaired) electrons. The van der Waals surface area contributed by atoms with Gasteiger partial charge >= 0.3 is 0 Å². The van der Waals surface area contributed by atoms with Crippen molar-refractivity contribution in [3.8, 4) is 0 Å². The van der Waals surface area contributed by atoms with Crippen LogP contribution in [0.3, 0.4) is 0 Å². The summed E-state index contributed by atoms with van der Waals surface area (Å²) in [5.74, 6) is -0.131. The molecule has 20 heavy (non-hydrogen) atoms. The number of nitro benzene ring substituents is 1. The van der Waals surface area contributed by atoms with Crippen molar-refractivity contribution in [3.05, 3.63) is 44.8 Å². The third kappa shape index (κ3) is 3.05. The Bertz CT molecular complexity index is 613.